The number of phenolic OH excluding ortho intramolecular Hbond substituents is 2. The zero-order valence-electron chi connectivity index (χ0n) is 21.0. The molecule has 192 valence electrons. The molecule has 0 aliphatic rings. The van der Waals surface area contributed by atoms with Crippen molar-refractivity contribution < 1.29 is 24.5 Å². The van der Waals surface area contributed by atoms with Gasteiger partial charge in [-0.2, -0.15) is 0 Å². The third kappa shape index (κ3) is 10.7. The molecular weight excluding hydrogens is 447 g/mol. The van der Waals surface area contributed by atoms with Crippen LogP contribution in [0.2, 0.25) is 0 Å². The minimum atomic E-state index is -3.81. The number of phenols is 2. The molecule has 4 N–H and O–H groups in total. The summed E-state index contributed by atoms with van der Waals surface area (Å²) in [6.45, 7) is 4.09. The van der Waals surface area contributed by atoms with Crippen LogP contribution < -0.4 is 0 Å². The average Bonchev–Trinajstić information content (AvgIpc) is 2.80. The van der Waals surface area contributed by atoms with E-state index in [1.807, 2.05) is 31.2 Å². The van der Waals surface area contributed by atoms with Crippen molar-refractivity contribution in [1.29, 1.82) is 0 Å². The quantitative estimate of drug-likeness (QED) is 0.136. The monoisotopic (exact) mass is 492 g/mol. The average molecular weight is 493 g/mol. The first-order valence-electron chi connectivity index (χ1n) is 13.0. The number of hydrogen-bond donors (Lipinski definition) is 4. The number of unbranched alkanes of at least 4 members (excludes halogenated alkanes) is 10. The van der Waals surface area contributed by atoms with E-state index in [-0.39, 0.29) is 17.4 Å². The fourth-order valence-corrected chi connectivity index (χ4v) is 6.10. The molecule has 34 heavy (non-hydrogen) atoms. The molecule has 0 amide bonds. The van der Waals surface area contributed by atoms with Gasteiger partial charge in [-0.1, -0.05) is 6.92 Å². The second kappa shape index (κ2) is 15.4. The van der Waals surface area contributed by atoms with Crippen LogP contribution in [-0.4, -0.2) is 32.3 Å². The molecule has 0 saturated carbocycles. The van der Waals surface area contributed by atoms with Crippen LogP contribution in [0.1, 0.15) is 102 Å². The first-order valence-corrected chi connectivity index (χ1v) is 15.0. The molecule has 0 heterocycles. The van der Waals surface area contributed by atoms with Gasteiger partial charge < -0.3 is 0 Å². The molecule has 5 nitrogen and oxygen atoms in total. The number of rotatable bonds is 17. The molecular formula is C28H45O5P. The molecule has 0 fully saturated rings. The first-order chi connectivity index (χ1) is 16.3. The van der Waals surface area contributed by atoms with Gasteiger partial charge in [-0.3, -0.25) is 0 Å². The molecule has 0 aromatic heterocycles. The van der Waals surface area contributed by atoms with Crippen molar-refractivity contribution >= 4 is 7.94 Å². The second-order valence-corrected chi connectivity index (χ2v) is 11.7. The Labute approximate surface area is 206 Å². The van der Waals surface area contributed by atoms with E-state index in [4.69, 9.17) is 4.52 Å². The fraction of sp³-hybridized carbons (Fsp3) is 0.571. The van der Waals surface area contributed by atoms with Crippen LogP contribution in [0.3, 0.4) is 0 Å². The summed E-state index contributed by atoms with van der Waals surface area (Å²) in [5.74, 6) is 0.0855. The molecule has 2 aromatic carbocycles. The van der Waals surface area contributed by atoms with E-state index in [1.165, 1.54) is 51.4 Å². The van der Waals surface area contributed by atoms with Gasteiger partial charge in [-0.05, 0) is 0 Å². The van der Waals surface area contributed by atoms with E-state index in [2.05, 4.69) is 6.92 Å². The maximum absolute atomic E-state index is 10.7. The summed E-state index contributed by atoms with van der Waals surface area (Å²) < 4.78 is 5.89. The molecule has 2 rings (SSSR count). The van der Waals surface area contributed by atoms with Gasteiger partial charge in [-0.25, -0.2) is 0 Å². The van der Waals surface area contributed by atoms with Gasteiger partial charge >= 0.3 is 199 Å². The van der Waals surface area contributed by atoms with Crippen molar-refractivity contribution in [2.45, 2.75) is 96.5 Å². The summed E-state index contributed by atoms with van der Waals surface area (Å²) in [5.41, 5.74) is 1.80. The third-order valence-electron chi connectivity index (χ3n) is 6.45. The third-order valence-corrected chi connectivity index (χ3v) is 8.21. The minimum absolute atomic E-state index is 0.173. The topological polar surface area (TPSA) is 90.2 Å². The number of aromatic hydroxyl groups is 2. The Balaban J connectivity index is 1.81. The van der Waals surface area contributed by atoms with Gasteiger partial charge in [0.15, 0.2) is 0 Å². The normalized spacial score (nSPS) is 13.3. The van der Waals surface area contributed by atoms with Crippen LogP contribution in [0.15, 0.2) is 48.5 Å². The van der Waals surface area contributed by atoms with Crippen molar-refractivity contribution in [3.8, 4) is 11.5 Å². The Hall–Kier alpha value is -1.65. The Morgan fingerprint density at radius 1 is 0.647 bits per heavy atom. The van der Waals surface area contributed by atoms with Crippen molar-refractivity contribution in [2.24, 2.45) is 0 Å². The molecule has 0 aliphatic heterocycles. The molecule has 0 aliphatic carbocycles. The van der Waals surface area contributed by atoms with Gasteiger partial charge in [-0.15, -0.1) is 0 Å². The predicted octanol–water partition coefficient (Wildman–Crippen LogP) is 7.43. The van der Waals surface area contributed by atoms with Crippen LogP contribution in [0, 0.1) is 0 Å². The zero-order valence-corrected chi connectivity index (χ0v) is 22.0. The van der Waals surface area contributed by atoms with Gasteiger partial charge in [0.1, 0.15) is 0 Å². The summed E-state index contributed by atoms with van der Waals surface area (Å²) in [4.78, 5) is 21.3. The van der Waals surface area contributed by atoms with Gasteiger partial charge in [0.05, 0.1) is 0 Å². The van der Waals surface area contributed by atoms with Crippen molar-refractivity contribution in [2.75, 3.05) is 6.16 Å². The van der Waals surface area contributed by atoms with E-state index < -0.39 is 14.0 Å². The molecule has 6 heteroatoms. The summed E-state index contributed by atoms with van der Waals surface area (Å²) in [5, 5.41) is 19.3. The number of benzene rings is 2. The van der Waals surface area contributed by atoms with Crippen molar-refractivity contribution in [1.82, 2.24) is 0 Å². The van der Waals surface area contributed by atoms with E-state index >= 15 is 0 Å². The van der Waals surface area contributed by atoms with E-state index in [1.54, 1.807) is 24.3 Å². The second-order valence-electron chi connectivity index (χ2n) is 9.51. The molecule has 0 spiro atoms. The Morgan fingerprint density at radius 3 is 1.44 bits per heavy atom. The van der Waals surface area contributed by atoms with E-state index in [0.717, 1.165) is 30.4 Å². The standard InChI is InChI=1S/C28H45O5P/c1-3-4-5-6-7-8-9-10-11-12-13-22-34(31,32)33-23(2)28(24-14-18-26(29)19-15-24)25-16-20-27(30)21-17-25/h14-21,23,28-32,34H,3-13,22H2,1-2H3. The van der Waals surface area contributed by atoms with Gasteiger partial charge in [0.2, 0.25) is 0 Å². The fourth-order valence-electron chi connectivity index (χ4n) is 4.54. The van der Waals surface area contributed by atoms with Crippen molar-refractivity contribution in [3.05, 3.63) is 59.7 Å². The first kappa shape index (κ1) is 28.6. The van der Waals surface area contributed by atoms with Crippen LogP contribution in [-0.2, 0) is 4.52 Å². The predicted molar refractivity (Wildman–Crippen MR) is 143 cm³/mol. The number of hydrogen-bond acceptors (Lipinski definition) is 5. The van der Waals surface area contributed by atoms with E-state index in [0.29, 0.717) is 6.16 Å². The molecule has 0 radical (unpaired) electrons. The summed E-state index contributed by atoms with van der Waals surface area (Å²) >= 11 is 0. The van der Waals surface area contributed by atoms with Crippen LogP contribution in [0.5, 0.6) is 11.5 Å². The Kier molecular flexibility index (Phi) is 12.9. The summed E-state index contributed by atoms with van der Waals surface area (Å²) in [6.07, 6.45) is 13.1. The SMILES string of the molecule is CCCCCCCCCCCCC[PH](O)(O)OC(C)C(c1ccc(O)cc1)c1ccc(O)cc1. The maximum atomic E-state index is 10.7. The molecule has 0 saturated heterocycles. The molecule has 1 atom stereocenters. The van der Waals surface area contributed by atoms with Gasteiger partial charge in [0, 0.05) is 0 Å². The Bertz CT molecular complexity index is 746. The van der Waals surface area contributed by atoms with Crippen LogP contribution in [0.4, 0.5) is 0 Å². The van der Waals surface area contributed by atoms with Crippen LogP contribution >= 0.6 is 7.94 Å². The summed E-state index contributed by atoms with van der Waals surface area (Å²) in [6, 6.07) is 13.7. The molecule has 1 unspecified atom stereocenters. The Morgan fingerprint density at radius 2 is 1.03 bits per heavy atom. The van der Waals surface area contributed by atoms with Crippen molar-refractivity contribution in [3.63, 3.8) is 0 Å². The van der Waals surface area contributed by atoms with Gasteiger partial charge in [0.25, 0.3) is 0 Å². The molecule has 2 aromatic rings. The zero-order chi connectivity index (χ0) is 24.8. The van der Waals surface area contributed by atoms with Crippen LogP contribution in [0.25, 0.3) is 0 Å². The molecule has 0 bridgehead atoms. The van der Waals surface area contributed by atoms with E-state index in [9.17, 15) is 20.0 Å². The summed E-state index contributed by atoms with van der Waals surface area (Å²) in [7, 11) is -3.81.